The fraction of sp³-hybridized carbons (Fsp3) is 0.353. The van der Waals surface area contributed by atoms with Crippen LogP contribution in [0.15, 0.2) is 84.9 Å². The van der Waals surface area contributed by atoms with E-state index in [1.807, 2.05) is 0 Å². The summed E-state index contributed by atoms with van der Waals surface area (Å²) >= 11 is 0. The molecule has 0 aliphatic heterocycles. The lowest BCUT2D eigenvalue weighted by atomic mass is 9.90. The van der Waals surface area contributed by atoms with Gasteiger partial charge in [-0.3, -0.25) is 4.70 Å². The third kappa shape index (κ3) is 9.65. The van der Waals surface area contributed by atoms with E-state index >= 15 is 0 Å². The topological polar surface area (TPSA) is 0 Å². The summed E-state index contributed by atoms with van der Waals surface area (Å²) in [5.41, 5.74) is 3.59. The van der Waals surface area contributed by atoms with Crippen molar-refractivity contribution in [3.63, 3.8) is 0 Å². The summed E-state index contributed by atoms with van der Waals surface area (Å²) in [6.45, 7) is 17.5. The van der Waals surface area contributed by atoms with Crippen molar-refractivity contribution in [2.45, 2.75) is 70.2 Å². The van der Waals surface area contributed by atoms with Crippen molar-refractivity contribution < 1.29 is 6.13 Å². The van der Waals surface area contributed by atoms with Crippen molar-refractivity contribution in [1.29, 1.82) is 0 Å². The maximum absolute atomic E-state index is 2.27. The van der Waals surface area contributed by atoms with Gasteiger partial charge in [-0.15, -0.1) is 0 Å². The third-order valence-corrected chi connectivity index (χ3v) is 4.61. The second-order valence-electron chi connectivity index (χ2n) is 11.8. The van der Waals surface area contributed by atoms with Crippen LogP contribution in [0.2, 0.25) is 0 Å². The Morgan fingerprint density at radius 2 is 0.861 bits per heavy atom. The van der Waals surface area contributed by atoms with Crippen molar-refractivity contribution >= 4 is 40.7 Å². The standard InChI is InChI=1S/C22H14.2C5H12.2CH4.B.FH.H2/c1-2-5-15(6-3-1)19-13-11-18-10-9-16-7-4-8-17-12-14-20(19)22(18)21(16)17;2*1-5(2,3)4;;;;;/h1-14H;2*1-4H3;2*1H4;;2*1H/i;;;;;;;1+1. The molecule has 0 fully saturated rings. The number of halogens is 1. The second-order valence-corrected chi connectivity index (χ2v) is 11.8. The van der Waals surface area contributed by atoms with Gasteiger partial charge in [0, 0.05) is 9.84 Å². The number of rotatable bonds is 1. The molecule has 0 N–H and O–H groups in total. The summed E-state index contributed by atoms with van der Waals surface area (Å²) in [5, 5.41) is 8.07. The molecule has 5 rings (SSSR count). The average Bonchev–Trinajstić information content (AvgIpc) is 2.70. The molecule has 0 saturated carbocycles. The van der Waals surface area contributed by atoms with E-state index in [4.69, 9.17) is 0 Å². The van der Waals surface area contributed by atoms with Gasteiger partial charge in [0.05, 0.1) is 0 Å². The van der Waals surface area contributed by atoms with Gasteiger partial charge in [0.25, 0.3) is 0 Å². The Morgan fingerprint density at radius 1 is 0.472 bits per heavy atom. The van der Waals surface area contributed by atoms with Crippen LogP contribution in [0.5, 0.6) is 0 Å². The normalized spacial score (nSPS) is 10.4. The van der Waals surface area contributed by atoms with Crippen LogP contribution < -0.4 is 0 Å². The van der Waals surface area contributed by atoms with Crippen molar-refractivity contribution in [2.75, 3.05) is 0 Å². The van der Waals surface area contributed by atoms with E-state index in [1.165, 1.54) is 43.4 Å². The maximum atomic E-state index is 2.27. The minimum absolute atomic E-state index is 0. The highest BCUT2D eigenvalue weighted by molar-refractivity contribution is 6.25. The van der Waals surface area contributed by atoms with Crippen molar-refractivity contribution in [1.82, 2.24) is 0 Å². The molecule has 0 nitrogen and oxygen atoms in total. The van der Waals surface area contributed by atoms with E-state index in [9.17, 15) is 0 Å². The van der Waals surface area contributed by atoms with E-state index in [0.717, 1.165) is 0 Å². The smallest absolute Gasteiger partial charge is 0 e. The Morgan fingerprint density at radius 3 is 1.33 bits per heavy atom. The van der Waals surface area contributed by atoms with Gasteiger partial charge in [0.2, 0.25) is 0 Å². The van der Waals surface area contributed by atoms with Crippen LogP contribution in [0.1, 0.15) is 71.7 Å². The molecule has 195 valence electrons. The molecule has 0 amide bonds. The van der Waals surface area contributed by atoms with Crippen LogP contribution in [-0.2, 0) is 0 Å². The summed E-state index contributed by atoms with van der Waals surface area (Å²) in [5.74, 6) is 0. The van der Waals surface area contributed by atoms with Gasteiger partial charge in [-0.25, -0.2) is 0 Å². The Balaban J connectivity index is -0.000000674. The van der Waals surface area contributed by atoms with E-state index in [-0.39, 0.29) is 29.4 Å². The van der Waals surface area contributed by atoms with Crippen molar-refractivity contribution in [3.8, 4) is 11.1 Å². The Hall–Kier alpha value is -2.87. The molecule has 0 heterocycles. The zero-order valence-corrected chi connectivity index (χ0v) is 22.1. The van der Waals surface area contributed by atoms with Gasteiger partial charge in [0.15, 0.2) is 0 Å². The minimum atomic E-state index is 0. The molecule has 0 bridgehead atoms. The Bertz CT molecular complexity index is 1260. The van der Waals surface area contributed by atoms with E-state index < -0.39 is 0 Å². The van der Waals surface area contributed by atoms with E-state index in [0.29, 0.717) is 10.8 Å². The van der Waals surface area contributed by atoms with Crippen LogP contribution in [-0.4, -0.2) is 8.41 Å². The molecule has 2 heteroatoms. The highest BCUT2D eigenvalue weighted by Gasteiger charge is 2.11. The summed E-state index contributed by atoms with van der Waals surface area (Å²) in [6, 6.07) is 30.7. The van der Waals surface area contributed by atoms with Crippen LogP contribution in [0, 0.1) is 10.8 Å². The first-order valence-electron chi connectivity index (χ1n) is 11.6. The Labute approximate surface area is 223 Å². The molecular formula is C34H49BF. The minimum Gasteiger partial charge on any atom is -0.269 e. The molecule has 0 spiro atoms. The molecule has 36 heavy (non-hydrogen) atoms. The summed E-state index contributed by atoms with van der Waals surface area (Å²) < 4.78 is 0. The zero-order chi connectivity index (χ0) is 23.5. The summed E-state index contributed by atoms with van der Waals surface area (Å²) in [4.78, 5) is 0. The van der Waals surface area contributed by atoms with Gasteiger partial charge in [-0.2, -0.15) is 0 Å². The molecule has 0 atom stereocenters. The SMILES string of the molecule is C.C.CC(C)(C)C.CC(C)(C)C.F.[2HH].[B].c1ccc(-c2ccc3ccc4cccc5ccc2c3c45)cc1. The Kier molecular flexibility index (Phi) is 13.7. The lowest BCUT2D eigenvalue weighted by Crippen LogP contribution is -1.93. The molecule has 0 aromatic heterocycles. The first kappa shape index (κ1) is 35.3. The summed E-state index contributed by atoms with van der Waals surface area (Å²) in [6.07, 6.45) is 0. The molecule has 3 radical (unpaired) electrons. The number of benzene rings is 5. The molecule has 0 saturated heterocycles. The first-order valence-corrected chi connectivity index (χ1v) is 11.6. The third-order valence-electron chi connectivity index (χ3n) is 4.61. The molecule has 5 aromatic rings. The molecule has 0 aliphatic rings. The van der Waals surface area contributed by atoms with Gasteiger partial charge in [0.1, 0.15) is 0 Å². The van der Waals surface area contributed by atoms with Crippen molar-refractivity contribution in [3.05, 3.63) is 84.9 Å². The molecule has 0 unspecified atom stereocenters. The van der Waals surface area contributed by atoms with E-state index in [2.05, 4.69) is 140 Å². The highest BCUT2D eigenvalue weighted by Crippen LogP contribution is 2.38. The maximum Gasteiger partial charge on any atom is 0 e. The van der Waals surface area contributed by atoms with E-state index in [1.54, 1.807) is 0 Å². The fourth-order valence-corrected chi connectivity index (χ4v) is 3.60. The summed E-state index contributed by atoms with van der Waals surface area (Å²) in [7, 11) is 0. The molecule has 5 aromatic carbocycles. The monoisotopic (exact) mass is 488 g/mol. The van der Waals surface area contributed by atoms with Crippen LogP contribution >= 0.6 is 0 Å². The van der Waals surface area contributed by atoms with Crippen LogP contribution in [0.4, 0.5) is 4.70 Å². The van der Waals surface area contributed by atoms with Gasteiger partial charge in [-0.05, 0) is 54.3 Å². The first-order chi connectivity index (χ1) is 14.9. The predicted molar refractivity (Wildman–Crippen MR) is 170 cm³/mol. The highest BCUT2D eigenvalue weighted by atomic mass is 19.0. The van der Waals surface area contributed by atoms with Crippen molar-refractivity contribution in [2.24, 2.45) is 10.8 Å². The average molecular weight is 489 g/mol. The van der Waals surface area contributed by atoms with Gasteiger partial charge >= 0.3 is 0 Å². The quantitative estimate of drug-likeness (QED) is 0.163. The number of hydrogen-bond donors (Lipinski definition) is 0. The lowest BCUT2D eigenvalue weighted by molar-refractivity contribution is 0.469. The largest absolute Gasteiger partial charge is 0.269 e. The predicted octanol–water partition coefficient (Wildman–Crippen LogP) is 11.6. The van der Waals surface area contributed by atoms with Crippen LogP contribution in [0.3, 0.4) is 0 Å². The lowest BCUT2D eigenvalue weighted by Gasteiger charge is -2.14. The van der Waals surface area contributed by atoms with Gasteiger partial charge in [-0.1, -0.05) is 155 Å². The second kappa shape index (κ2) is 14.0. The molecule has 0 aliphatic carbocycles. The molecular weight excluding hydrogens is 438 g/mol. The van der Waals surface area contributed by atoms with Crippen LogP contribution in [0.25, 0.3) is 43.4 Å². The van der Waals surface area contributed by atoms with Gasteiger partial charge < -0.3 is 0 Å². The zero-order valence-electron chi connectivity index (χ0n) is 22.1. The number of hydrogen-bond acceptors (Lipinski definition) is 0. The fourth-order valence-electron chi connectivity index (χ4n) is 3.60.